The minimum atomic E-state index is -4.34. The molecule has 0 heterocycles. The molecule has 0 unspecified atom stereocenters. The average molecular weight is 288 g/mol. The van der Waals surface area contributed by atoms with Gasteiger partial charge in [0.25, 0.3) is 0 Å². The van der Waals surface area contributed by atoms with Crippen molar-refractivity contribution >= 4 is 10.8 Å². The second kappa shape index (κ2) is 4.81. The molecule has 106 valence electrons. The van der Waals surface area contributed by atoms with Crippen LogP contribution < -0.4 is 0 Å². The van der Waals surface area contributed by atoms with E-state index in [9.17, 15) is 18.3 Å². The molecular weight excluding hydrogens is 277 g/mol. The molecule has 0 aliphatic rings. The molecule has 3 aromatic rings. The van der Waals surface area contributed by atoms with Gasteiger partial charge in [0.2, 0.25) is 0 Å². The van der Waals surface area contributed by atoms with Crippen LogP contribution in [-0.4, -0.2) is 5.11 Å². The number of aromatic hydroxyl groups is 1. The number of phenolic OH excluding ortho intramolecular Hbond substituents is 1. The van der Waals surface area contributed by atoms with E-state index in [1.54, 1.807) is 12.1 Å². The molecular formula is C17H11F3O. The minimum absolute atomic E-state index is 0.114. The summed E-state index contributed by atoms with van der Waals surface area (Å²) in [5, 5.41) is 11.6. The van der Waals surface area contributed by atoms with Gasteiger partial charge in [0.05, 0.1) is 5.56 Å². The summed E-state index contributed by atoms with van der Waals surface area (Å²) < 4.78 is 37.7. The largest absolute Gasteiger partial charge is 0.507 e. The third kappa shape index (κ3) is 2.57. The Morgan fingerprint density at radius 1 is 0.762 bits per heavy atom. The lowest BCUT2D eigenvalue weighted by Gasteiger charge is -2.09. The molecule has 4 heteroatoms. The second-order valence-corrected chi connectivity index (χ2v) is 4.79. The molecule has 0 aliphatic carbocycles. The van der Waals surface area contributed by atoms with Gasteiger partial charge in [-0.25, -0.2) is 0 Å². The smallest absolute Gasteiger partial charge is 0.416 e. The highest BCUT2D eigenvalue weighted by atomic mass is 19.4. The summed E-state index contributed by atoms with van der Waals surface area (Å²) in [6.45, 7) is 0. The van der Waals surface area contributed by atoms with E-state index in [1.807, 2.05) is 24.3 Å². The molecule has 21 heavy (non-hydrogen) atoms. The Kier molecular flexibility index (Phi) is 3.09. The maximum Gasteiger partial charge on any atom is 0.416 e. The van der Waals surface area contributed by atoms with Crippen LogP contribution in [0.25, 0.3) is 21.9 Å². The van der Waals surface area contributed by atoms with E-state index in [0.717, 1.165) is 17.5 Å². The van der Waals surface area contributed by atoms with E-state index in [0.29, 0.717) is 16.5 Å². The predicted octanol–water partition coefficient (Wildman–Crippen LogP) is 5.23. The maximum atomic E-state index is 12.6. The van der Waals surface area contributed by atoms with Crippen LogP contribution in [0.3, 0.4) is 0 Å². The molecule has 0 saturated carbocycles. The zero-order valence-corrected chi connectivity index (χ0v) is 10.9. The fraction of sp³-hybridized carbons (Fsp3) is 0.0588. The molecule has 0 radical (unpaired) electrons. The van der Waals surface area contributed by atoms with E-state index in [2.05, 4.69) is 0 Å². The van der Waals surface area contributed by atoms with E-state index in [4.69, 9.17) is 0 Å². The summed E-state index contributed by atoms with van der Waals surface area (Å²) in [5.74, 6) is 0.114. The molecule has 0 spiro atoms. The van der Waals surface area contributed by atoms with E-state index < -0.39 is 11.7 Å². The molecule has 0 saturated heterocycles. The van der Waals surface area contributed by atoms with Crippen LogP contribution in [0, 0.1) is 0 Å². The Labute approximate surface area is 119 Å². The van der Waals surface area contributed by atoms with Gasteiger partial charge in [-0.15, -0.1) is 0 Å². The first-order valence-corrected chi connectivity index (χ1v) is 6.34. The number of halogens is 3. The normalized spacial score (nSPS) is 11.8. The third-order valence-corrected chi connectivity index (χ3v) is 3.39. The van der Waals surface area contributed by atoms with Gasteiger partial charge in [0.15, 0.2) is 0 Å². The lowest BCUT2D eigenvalue weighted by Crippen LogP contribution is -2.03. The first kappa shape index (κ1) is 13.5. The summed E-state index contributed by atoms with van der Waals surface area (Å²) in [5.41, 5.74) is 0.625. The van der Waals surface area contributed by atoms with Crippen molar-refractivity contribution in [1.29, 1.82) is 0 Å². The zero-order chi connectivity index (χ0) is 15.0. The average Bonchev–Trinajstić information content (AvgIpc) is 2.46. The number of fused-ring (bicyclic) bond motifs is 1. The summed E-state index contributed by atoms with van der Waals surface area (Å²) in [7, 11) is 0. The Bertz CT molecular complexity index is 789. The van der Waals surface area contributed by atoms with Gasteiger partial charge in [0.1, 0.15) is 5.75 Å². The van der Waals surface area contributed by atoms with Crippen LogP contribution in [0.15, 0.2) is 60.7 Å². The fourth-order valence-electron chi connectivity index (χ4n) is 2.31. The van der Waals surface area contributed by atoms with E-state index >= 15 is 0 Å². The van der Waals surface area contributed by atoms with Crippen LogP contribution in [0.2, 0.25) is 0 Å². The fourth-order valence-corrected chi connectivity index (χ4v) is 2.31. The predicted molar refractivity (Wildman–Crippen MR) is 76.1 cm³/mol. The highest BCUT2D eigenvalue weighted by Crippen LogP contribution is 2.34. The number of benzene rings is 3. The van der Waals surface area contributed by atoms with Crippen LogP contribution in [0.5, 0.6) is 5.75 Å². The van der Waals surface area contributed by atoms with Gasteiger partial charge in [-0.1, -0.05) is 36.4 Å². The molecule has 0 fully saturated rings. The monoisotopic (exact) mass is 288 g/mol. The van der Waals surface area contributed by atoms with E-state index in [-0.39, 0.29) is 5.75 Å². The molecule has 3 rings (SSSR count). The van der Waals surface area contributed by atoms with Crippen molar-refractivity contribution in [2.45, 2.75) is 6.18 Å². The number of phenols is 1. The van der Waals surface area contributed by atoms with Gasteiger partial charge in [-0.05, 0) is 40.8 Å². The Morgan fingerprint density at radius 2 is 1.43 bits per heavy atom. The van der Waals surface area contributed by atoms with Crippen LogP contribution in [-0.2, 0) is 6.18 Å². The molecule has 0 bridgehead atoms. The number of hydrogen-bond donors (Lipinski definition) is 1. The molecule has 0 aliphatic heterocycles. The lowest BCUT2D eigenvalue weighted by atomic mass is 9.99. The number of alkyl halides is 3. The first-order chi connectivity index (χ1) is 9.95. The van der Waals surface area contributed by atoms with Crippen molar-refractivity contribution in [3.63, 3.8) is 0 Å². The Balaban J connectivity index is 2.08. The Hall–Kier alpha value is -2.49. The van der Waals surface area contributed by atoms with Crippen molar-refractivity contribution in [2.24, 2.45) is 0 Å². The third-order valence-electron chi connectivity index (χ3n) is 3.39. The molecule has 0 amide bonds. The summed E-state index contributed by atoms with van der Waals surface area (Å²) >= 11 is 0. The number of hydrogen-bond acceptors (Lipinski definition) is 1. The van der Waals surface area contributed by atoms with Crippen LogP contribution >= 0.6 is 0 Å². The molecule has 0 aromatic heterocycles. The van der Waals surface area contributed by atoms with Gasteiger partial charge >= 0.3 is 6.18 Å². The lowest BCUT2D eigenvalue weighted by molar-refractivity contribution is -0.137. The summed E-state index contributed by atoms with van der Waals surface area (Å²) in [4.78, 5) is 0. The van der Waals surface area contributed by atoms with Crippen LogP contribution in [0.4, 0.5) is 13.2 Å². The highest BCUT2D eigenvalue weighted by molar-refractivity contribution is 5.92. The minimum Gasteiger partial charge on any atom is -0.507 e. The second-order valence-electron chi connectivity index (χ2n) is 4.79. The summed E-state index contributed by atoms with van der Waals surface area (Å²) in [6.07, 6.45) is -4.34. The quantitative estimate of drug-likeness (QED) is 0.650. The van der Waals surface area contributed by atoms with E-state index in [1.165, 1.54) is 12.1 Å². The standard InChI is InChI=1S/C17H11F3O/c18-17(19,20)14-7-5-11(6-8-14)13-9-12-3-1-2-4-15(12)16(21)10-13/h1-10,21H. The zero-order valence-electron chi connectivity index (χ0n) is 10.9. The van der Waals surface area contributed by atoms with Crippen molar-refractivity contribution in [3.05, 3.63) is 66.2 Å². The van der Waals surface area contributed by atoms with Gasteiger partial charge in [-0.2, -0.15) is 13.2 Å². The van der Waals surface area contributed by atoms with Gasteiger partial charge in [-0.3, -0.25) is 0 Å². The van der Waals surface area contributed by atoms with Crippen molar-refractivity contribution in [2.75, 3.05) is 0 Å². The van der Waals surface area contributed by atoms with Gasteiger partial charge < -0.3 is 5.11 Å². The molecule has 1 nitrogen and oxygen atoms in total. The number of rotatable bonds is 1. The van der Waals surface area contributed by atoms with Crippen molar-refractivity contribution in [3.8, 4) is 16.9 Å². The van der Waals surface area contributed by atoms with Gasteiger partial charge in [0, 0.05) is 5.39 Å². The maximum absolute atomic E-state index is 12.6. The highest BCUT2D eigenvalue weighted by Gasteiger charge is 2.29. The van der Waals surface area contributed by atoms with Crippen molar-refractivity contribution < 1.29 is 18.3 Å². The molecule has 3 aromatic carbocycles. The Morgan fingerprint density at radius 3 is 2.10 bits per heavy atom. The summed E-state index contributed by atoms with van der Waals surface area (Å²) in [6, 6.07) is 15.6. The molecule has 1 N–H and O–H groups in total. The first-order valence-electron chi connectivity index (χ1n) is 6.34. The van der Waals surface area contributed by atoms with Crippen LogP contribution in [0.1, 0.15) is 5.56 Å². The van der Waals surface area contributed by atoms with Crippen molar-refractivity contribution in [1.82, 2.24) is 0 Å². The SMILES string of the molecule is Oc1cc(-c2ccc(C(F)(F)F)cc2)cc2ccccc12. The molecule has 0 atom stereocenters. The topological polar surface area (TPSA) is 20.2 Å².